The first-order chi connectivity index (χ1) is 6.20. The highest BCUT2D eigenvalue weighted by Gasteiger charge is 2.44. The predicted octanol–water partition coefficient (Wildman–Crippen LogP) is 1.33. The highest BCUT2D eigenvalue weighted by molar-refractivity contribution is 5.74. The average Bonchev–Trinajstić information content (AvgIpc) is 2.60. The zero-order valence-electron chi connectivity index (χ0n) is 8.72. The van der Waals surface area contributed by atoms with E-state index in [1.54, 1.807) is 0 Å². The van der Waals surface area contributed by atoms with E-state index in [2.05, 4.69) is 19.2 Å². The Morgan fingerprint density at radius 3 is 2.62 bits per heavy atom. The summed E-state index contributed by atoms with van der Waals surface area (Å²) in [5.74, 6) is -0.0128. The maximum Gasteiger partial charge on any atom is 0.310 e. The fourth-order valence-corrected chi connectivity index (χ4v) is 2.34. The van der Waals surface area contributed by atoms with Crippen LogP contribution in [0, 0.1) is 5.92 Å². The Hall–Kier alpha value is -0.570. The molecule has 0 saturated carbocycles. The van der Waals surface area contributed by atoms with Crippen LogP contribution < -0.4 is 5.32 Å². The second-order valence-corrected chi connectivity index (χ2v) is 3.65. The summed E-state index contributed by atoms with van der Waals surface area (Å²) in [6, 6.07) is 0. The maximum absolute atomic E-state index is 11.5. The standard InChI is InChI=1S/C10H19NO2/c1-4-10(5-2)8(6-7-11-10)9(12)13-3/h8,11H,4-7H2,1-3H3. The third-order valence-corrected chi connectivity index (χ3v) is 3.32. The van der Waals surface area contributed by atoms with Gasteiger partial charge in [0.25, 0.3) is 0 Å². The summed E-state index contributed by atoms with van der Waals surface area (Å²) in [7, 11) is 1.47. The third-order valence-electron chi connectivity index (χ3n) is 3.32. The number of methoxy groups -OCH3 is 1. The van der Waals surface area contributed by atoms with Crippen LogP contribution in [0.3, 0.4) is 0 Å². The van der Waals surface area contributed by atoms with E-state index in [0.717, 1.165) is 25.8 Å². The molecule has 3 heteroatoms. The molecule has 0 amide bonds. The van der Waals surface area contributed by atoms with Gasteiger partial charge in [0.1, 0.15) is 0 Å². The number of carbonyl (C=O) groups is 1. The normalized spacial score (nSPS) is 25.9. The van der Waals surface area contributed by atoms with Crippen molar-refractivity contribution in [1.82, 2.24) is 5.32 Å². The van der Waals surface area contributed by atoms with E-state index in [1.165, 1.54) is 7.11 Å². The van der Waals surface area contributed by atoms with Crippen LogP contribution in [0.15, 0.2) is 0 Å². The van der Waals surface area contributed by atoms with Crippen molar-refractivity contribution in [2.75, 3.05) is 13.7 Å². The van der Waals surface area contributed by atoms with E-state index in [-0.39, 0.29) is 17.4 Å². The quantitative estimate of drug-likeness (QED) is 0.674. The molecule has 0 bridgehead atoms. The Morgan fingerprint density at radius 1 is 1.54 bits per heavy atom. The fraction of sp³-hybridized carbons (Fsp3) is 0.900. The lowest BCUT2D eigenvalue weighted by molar-refractivity contribution is -0.147. The SMILES string of the molecule is CCC1(CC)NCCC1C(=O)OC. The molecular formula is C10H19NO2. The van der Waals surface area contributed by atoms with Gasteiger partial charge in [0, 0.05) is 5.54 Å². The van der Waals surface area contributed by atoms with Crippen LogP contribution in [-0.2, 0) is 9.53 Å². The summed E-state index contributed by atoms with van der Waals surface area (Å²) < 4.78 is 4.81. The number of nitrogens with one attached hydrogen (secondary N) is 1. The van der Waals surface area contributed by atoms with Gasteiger partial charge in [-0.05, 0) is 25.8 Å². The zero-order valence-corrected chi connectivity index (χ0v) is 8.72. The van der Waals surface area contributed by atoms with E-state index in [0.29, 0.717) is 0 Å². The van der Waals surface area contributed by atoms with E-state index >= 15 is 0 Å². The van der Waals surface area contributed by atoms with Gasteiger partial charge in [-0.25, -0.2) is 0 Å². The van der Waals surface area contributed by atoms with Gasteiger partial charge in [-0.15, -0.1) is 0 Å². The molecule has 1 unspecified atom stereocenters. The van der Waals surface area contributed by atoms with Crippen LogP contribution in [0.2, 0.25) is 0 Å². The van der Waals surface area contributed by atoms with Crippen molar-refractivity contribution in [2.45, 2.75) is 38.6 Å². The molecule has 1 N–H and O–H groups in total. The number of hydrogen-bond acceptors (Lipinski definition) is 3. The minimum Gasteiger partial charge on any atom is -0.469 e. The fourth-order valence-electron chi connectivity index (χ4n) is 2.34. The Balaban J connectivity index is 2.77. The Labute approximate surface area is 79.8 Å². The third kappa shape index (κ3) is 1.70. The molecule has 13 heavy (non-hydrogen) atoms. The number of hydrogen-bond donors (Lipinski definition) is 1. The molecule has 1 aliphatic rings. The van der Waals surface area contributed by atoms with Crippen molar-refractivity contribution in [3.63, 3.8) is 0 Å². The number of esters is 1. The van der Waals surface area contributed by atoms with Gasteiger partial charge in [0.2, 0.25) is 0 Å². The van der Waals surface area contributed by atoms with Crippen molar-refractivity contribution >= 4 is 5.97 Å². The summed E-state index contributed by atoms with van der Waals surface area (Å²) in [6.07, 6.45) is 2.89. The molecule has 1 rings (SSSR count). The monoisotopic (exact) mass is 185 g/mol. The van der Waals surface area contributed by atoms with Gasteiger partial charge in [-0.3, -0.25) is 4.79 Å². The predicted molar refractivity (Wildman–Crippen MR) is 51.4 cm³/mol. The molecule has 1 aliphatic heterocycles. The summed E-state index contributed by atoms with van der Waals surface area (Å²) >= 11 is 0. The van der Waals surface area contributed by atoms with Crippen LogP contribution in [0.4, 0.5) is 0 Å². The minimum atomic E-state index is -0.0614. The van der Waals surface area contributed by atoms with Gasteiger partial charge in [-0.1, -0.05) is 13.8 Å². The van der Waals surface area contributed by atoms with Gasteiger partial charge < -0.3 is 10.1 Å². The Bertz CT molecular complexity index is 187. The van der Waals surface area contributed by atoms with Gasteiger partial charge in [0.15, 0.2) is 0 Å². The lowest BCUT2D eigenvalue weighted by Crippen LogP contribution is -2.46. The van der Waals surface area contributed by atoms with E-state index < -0.39 is 0 Å². The lowest BCUT2D eigenvalue weighted by Gasteiger charge is -2.32. The Kier molecular flexibility index (Phi) is 3.31. The molecule has 76 valence electrons. The minimum absolute atomic E-state index is 0.00685. The molecule has 1 saturated heterocycles. The summed E-state index contributed by atoms with van der Waals surface area (Å²) in [6.45, 7) is 5.18. The first-order valence-electron chi connectivity index (χ1n) is 5.03. The number of carbonyl (C=O) groups excluding carboxylic acids is 1. The second-order valence-electron chi connectivity index (χ2n) is 3.65. The first kappa shape index (κ1) is 10.5. The molecular weight excluding hydrogens is 166 g/mol. The molecule has 0 spiro atoms. The summed E-state index contributed by atoms with van der Waals surface area (Å²) in [5, 5.41) is 3.43. The van der Waals surface area contributed by atoms with E-state index in [9.17, 15) is 4.79 Å². The molecule has 0 aromatic rings. The molecule has 1 fully saturated rings. The molecule has 0 aromatic heterocycles. The molecule has 1 heterocycles. The molecule has 3 nitrogen and oxygen atoms in total. The van der Waals surface area contributed by atoms with Crippen molar-refractivity contribution in [2.24, 2.45) is 5.92 Å². The van der Waals surface area contributed by atoms with Crippen LogP contribution >= 0.6 is 0 Å². The van der Waals surface area contributed by atoms with Crippen molar-refractivity contribution in [1.29, 1.82) is 0 Å². The largest absolute Gasteiger partial charge is 0.469 e. The van der Waals surface area contributed by atoms with Crippen molar-refractivity contribution in [3.8, 4) is 0 Å². The highest BCUT2D eigenvalue weighted by Crippen LogP contribution is 2.33. The topological polar surface area (TPSA) is 38.3 Å². The van der Waals surface area contributed by atoms with Gasteiger partial charge >= 0.3 is 5.97 Å². The highest BCUT2D eigenvalue weighted by atomic mass is 16.5. The lowest BCUT2D eigenvalue weighted by atomic mass is 9.81. The van der Waals surface area contributed by atoms with Crippen LogP contribution in [0.5, 0.6) is 0 Å². The molecule has 0 aliphatic carbocycles. The second kappa shape index (κ2) is 4.09. The van der Waals surface area contributed by atoms with Crippen molar-refractivity contribution in [3.05, 3.63) is 0 Å². The van der Waals surface area contributed by atoms with Crippen molar-refractivity contribution < 1.29 is 9.53 Å². The maximum atomic E-state index is 11.5. The smallest absolute Gasteiger partial charge is 0.310 e. The summed E-state index contributed by atoms with van der Waals surface area (Å²) in [5.41, 5.74) is -0.00685. The number of ether oxygens (including phenoxy) is 1. The van der Waals surface area contributed by atoms with Crippen LogP contribution in [-0.4, -0.2) is 25.2 Å². The van der Waals surface area contributed by atoms with Gasteiger partial charge in [0.05, 0.1) is 13.0 Å². The average molecular weight is 185 g/mol. The van der Waals surface area contributed by atoms with E-state index in [4.69, 9.17) is 4.74 Å². The summed E-state index contributed by atoms with van der Waals surface area (Å²) in [4.78, 5) is 11.5. The Morgan fingerprint density at radius 2 is 2.15 bits per heavy atom. The zero-order chi connectivity index (χ0) is 9.90. The number of rotatable bonds is 3. The van der Waals surface area contributed by atoms with Crippen LogP contribution in [0.1, 0.15) is 33.1 Å². The molecule has 0 radical (unpaired) electrons. The van der Waals surface area contributed by atoms with E-state index in [1.807, 2.05) is 0 Å². The van der Waals surface area contributed by atoms with Gasteiger partial charge in [-0.2, -0.15) is 0 Å². The molecule has 0 aromatic carbocycles. The molecule has 1 atom stereocenters. The first-order valence-corrected chi connectivity index (χ1v) is 5.03. The van der Waals surface area contributed by atoms with Crippen LogP contribution in [0.25, 0.3) is 0 Å².